The SMILES string of the molecule is Cn1cc(-c2cnc3[nH]cc(C(=O)NCC(=O)N4CC(C)(C#N)C4)c3n2)cn1. The lowest BCUT2D eigenvalue weighted by Gasteiger charge is -2.43. The van der Waals surface area contributed by atoms with Crippen molar-refractivity contribution in [1.82, 2.24) is 34.9 Å². The second kappa shape index (κ2) is 6.45. The van der Waals surface area contributed by atoms with Crippen molar-refractivity contribution < 1.29 is 9.59 Å². The van der Waals surface area contributed by atoms with Crippen molar-refractivity contribution in [3.8, 4) is 17.3 Å². The number of amides is 2. The summed E-state index contributed by atoms with van der Waals surface area (Å²) in [5.41, 5.74) is 2.12. The lowest BCUT2D eigenvalue weighted by atomic mass is 9.84. The molecule has 1 aliphatic heterocycles. The first-order chi connectivity index (χ1) is 13.4. The third kappa shape index (κ3) is 3.07. The molecule has 2 amide bonds. The molecule has 4 rings (SSSR count). The first kappa shape index (κ1) is 17.7. The molecule has 4 heterocycles. The number of nitrogens with one attached hydrogen (secondary N) is 2. The quantitative estimate of drug-likeness (QED) is 0.678. The van der Waals surface area contributed by atoms with Crippen LogP contribution in [0, 0.1) is 16.7 Å². The molecule has 0 radical (unpaired) electrons. The van der Waals surface area contributed by atoms with Gasteiger partial charge in [-0.3, -0.25) is 14.3 Å². The van der Waals surface area contributed by atoms with Gasteiger partial charge < -0.3 is 15.2 Å². The first-order valence-electron chi connectivity index (χ1n) is 8.69. The average molecular weight is 378 g/mol. The Bertz CT molecular complexity index is 1120. The van der Waals surface area contributed by atoms with Gasteiger partial charge >= 0.3 is 0 Å². The molecule has 0 bridgehead atoms. The highest BCUT2D eigenvalue weighted by Gasteiger charge is 2.41. The molecule has 2 N–H and O–H groups in total. The zero-order valence-electron chi connectivity index (χ0n) is 15.4. The van der Waals surface area contributed by atoms with Crippen LogP contribution < -0.4 is 5.32 Å². The number of hydrogen-bond donors (Lipinski definition) is 2. The lowest BCUT2D eigenvalue weighted by Crippen LogP contribution is -2.58. The number of aryl methyl sites for hydroxylation is 1. The molecule has 0 aromatic carbocycles. The normalized spacial score (nSPS) is 15.1. The molecule has 28 heavy (non-hydrogen) atoms. The van der Waals surface area contributed by atoms with E-state index >= 15 is 0 Å². The Morgan fingerprint density at radius 3 is 2.86 bits per heavy atom. The lowest BCUT2D eigenvalue weighted by molar-refractivity contribution is -0.138. The summed E-state index contributed by atoms with van der Waals surface area (Å²) in [7, 11) is 1.80. The van der Waals surface area contributed by atoms with Gasteiger partial charge in [-0.25, -0.2) is 9.97 Å². The minimum Gasteiger partial charge on any atom is -0.344 e. The fraction of sp³-hybridized carbons (Fsp3) is 0.333. The molecular formula is C18H18N8O2. The number of carbonyl (C=O) groups is 2. The van der Waals surface area contributed by atoms with Crippen LogP contribution in [0.25, 0.3) is 22.4 Å². The van der Waals surface area contributed by atoms with Crippen LogP contribution in [0.3, 0.4) is 0 Å². The number of aromatic nitrogens is 5. The van der Waals surface area contributed by atoms with Gasteiger partial charge in [0.2, 0.25) is 5.91 Å². The minimum absolute atomic E-state index is 0.136. The number of hydrogen-bond acceptors (Lipinski definition) is 6. The summed E-state index contributed by atoms with van der Waals surface area (Å²) in [6.07, 6.45) is 6.61. The van der Waals surface area contributed by atoms with E-state index in [0.29, 0.717) is 35.5 Å². The Hall–Kier alpha value is -3.74. The van der Waals surface area contributed by atoms with E-state index in [1.54, 1.807) is 35.9 Å². The van der Waals surface area contributed by atoms with Crippen molar-refractivity contribution >= 4 is 23.0 Å². The number of nitrogens with zero attached hydrogens (tertiary/aromatic N) is 6. The Kier molecular flexibility index (Phi) is 4.07. The molecule has 10 nitrogen and oxygen atoms in total. The minimum atomic E-state index is -0.491. The van der Waals surface area contributed by atoms with Gasteiger partial charge in [0.1, 0.15) is 5.52 Å². The van der Waals surface area contributed by atoms with Crippen LogP contribution in [0.15, 0.2) is 24.8 Å². The van der Waals surface area contributed by atoms with E-state index in [4.69, 9.17) is 5.26 Å². The first-order valence-corrected chi connectivity index (χ1v) is 8.69. The van der Waals surface area contributed by atoms with Crippen molar-refractivity contribution in [1.29, 1.82) is 5.26 Å². The standard InChI is InChI=1S/C18H18N8O2/c1-18(8-19)9-26(10-18)14(27)6-22-17(28)12-4-20-16-15(12)24-13(5-21-16)11-3-23-25(2)7-11/h3-5,7H,6,9-10H2,1-2H3,(H,20,21)(H,22,28). The van der Waals surface area contributed by atoms with Crippen LogP contribution in [0.4, 0.5) is 0 Å². The smallest absolute Gasteiger partial charge is 0.255 e. The van der Waals surface area contributed by atoms with Crippen LogP contribution >= 0.6 is 0 Å². The van der Waals surface area contributed by atoms with Gasteiger partial charge in [-0.05, 0) is 6.92 Å². The largest absolute Gasteiger partial charge is 0.344 e. The van der Waals surface area contributed by atoms with Gasteiger partial charge in [0.15, 0.2) is 5.65 Å². The summed E-state index contributed by atoms with van der Waals surface area (Å²) >= 11 is 0. The van der Waals surface area contributed by atoms with E-state index in [1.807, 2.05) is 6.20 Å². The Labute approximate surface area is 160 Å². The highest BCUT2D eigenvalue weighted by atomic mass is 16.2. The van der Waals surface area contributed by atoms with Gasteiger partial charge in [-0.15, -0.1) is 0 Å². The van der Waals surface area contributed by atoms with Gasteiger partial charge in [0.25, 0.3) is 5.91 Å². The number of fused-ring (bicyclic) bond motifs is 1. The van der Waals surface area contributed by atoms with Crippen LogP contribution in [0.1, 0.15) is 17.3 Å². The van der Waals surface area contributed by atoms with Crippen LogP contribution in [0.5, 0.6) is 0 Å². The summed E-state index contributed by atoms with van der Waals surface area (Å²) in [6.45, 7) is 2.43. The number of rotatable bonds is 4. The highest BCUT2D eigenvalue weighted by molar-refractivity contribution is 6.05. The maximum atomic E-state index is 12.6. The van der Waals surface area contributed by atoms with Crippen LogP contribution in [-0.2, 0) is 11.8 Å². The van der Waals surface area contributed by atoms with Gasteiger partial charge in [-0.1, -0.05) is 0 Å². The summed E-state index contributed by atoms with van der Waals surface area (Å²) in [4.78, 5) is 38.0. The van der Waals surface area contributed by atoms with Crippen LogP contribution in [-0.4, -0.2) is 61.1 Å². The predicted octanol–water partition coefficient (Wildman–Crippen LogP) is 0.460. The van der Waals surface area contributed by atoms with Crippen molar-refractivity contribution in [2.45, 2.75) is 6.92 Å². The topological polar surface area (TPSA) is 133 Å². The van der Waals surface area contributed by atoms with Gasteiger partial charge in [0.05, 0.1) is 41.7 Å². The fourth-order valence-corrected chi connectivity index (χ4v) is 3.16. The molecule has 3 aromatic heterocycles. The molecule has 0 spiro atoms. The van der Waals surface area contributed by atoms with E-state index < -0.39 is 11.3 Å². The monoisotopic (exact) mass is 378 g/mol. The molecule has 1 aliphatic rings. The molecular weight excluding hydrogens is 360 g/mol. The molecule has 1 fully saturated rings. The molecule has 0 saturated carbocycles. The highest BCUT2D eigenvalue weighted by Crippen LogP contribution is 2.28. The van der Waals surface area contributed by atoms with Crippen molar-refractivity contribution in [2.75, 3.05) is 19.6 Å². The maximum Gasteiger partial charge on any atom is 0.255 e. The second-order valence-electron chi connectivity index (χ2n) is 7.16. The third-order valence-electron chi connectivity index (χ3n) is 4.73. The molecule has 10 heteroatoms. The zero-order chi connectivity index (χ0) is 19.9. The average Bonchev–Trinajstić information content (AvgIpc) is 3.28. The summed E-state index contributed by atoms with van der Waals surface area (Å²) in [5.74, 6) is -0.635. The molecule has 0 atom stereocenters. The van der Waals surface area contributed by atoms with Crippen molar-refractivity contribution in [3.63, 3.8) is 0 Å². The van der Waals surface area contributed by atoms with E-state index in [9.17, 15) is 9.59 Å². The Morgan fingerprint density at radius 1 is 1.39 bits per heavy atom. The van der Waals surface area contributed by atoms with Crippen LogP contribution in [0.2, 0.25) is 0 Å². The summed E-state index contributed by atoms with van der Waals surface area (Å²) in [5, 5.41) is 15.7. The predicted molar refractivity (Wildman–Crippen MR) is 98.7 cm³/mol. The Balaban J connectivity index is 1.47. The third-order valence-corrected chi connectivity index (χ3v) is 4.73. The summed E-state index contributed by atoms with van der Waals surface area (Å²) < 4.78 is 1.66. The van der Waals surface area contributed by atoms with E-state index in [-0.39, 0.29) is 12.5 Å². The summed E-state index contributed by atoms with van der Waals surface area (Å²) in [6, 6.07) is 2.18. The molecule has 142 valence electrons. The number of carbonyl (C=O) groups excluding carboxylic acids is 2. The van der Waals surface area contributed by atoms with E-state index in [0.717, 1.165) is 5.56 Å². The number of aromatic amines is 1. The number of likely N-dealkylation sites (tertiary alicyclic amines) is 1. The zero-order valence-corrected chi connectivity index (χ0v) is 15.4. The van der Waals surface area contributed by atoms with E-state index in [2.05, 4.69) is 31.4 Å². The molecule has 0 aliphatic carbocycles. The fourth-order valence-electron chi connectivity index (χ4n) is 3.16. The van der Waals surface area contributed by atoms with Crippen molar-refractivity contribution in [3.05, 3.63) is 30.4 Å². The van der Waals surface area contributed by atoms with E-state index in [1.165, 1.54) is 6.20 Å². The molecule has 0 unspecified atom stereocenters. The van der Waals surface area contributed by atoms with Gasteiger partial charge in [-0.2, -0.15) is 10.4 Å². The molecule has 3 aromatic rings. The number of H-pyrrole nitrogens is 1. The van der Waals surface area contributed by atoms with Gasteiger partial charge in [0, 0.05) is 38.1 Å². The maximum absolute atomic E-state index is 12.6. The Morgan fingerprint density at radius 2 is 2.18 bits per heavy atom. The second-order valence-corrected chi connectivity index (χ2v) is 7.16. The molecule has 1 saturated heterocycles. The van der Waals surface area contributed by atoms with Crippen molar-refractivity contribution in [2.24, 2.45) is 12.5 Å². The number of nitriles is 1.